The van der Waals surface area contributed by atoms with Crippen molar-refractivity contribution in [2.75, 3.05) is 6.61 Å². The number of carboxylic acids is 1. The van der Waals surface area contributed by atoms with Crippen molar-refractivity contribution in [1.29, 1.82) is 0 Å². The highest BCUT2D eigenvalue weighted by atomic mass is 16.4. The van der Waals surface area contributed by atoms with Crippen LogP contribution in [0.3, 0.4) is 0 Å². The molecule has 1 aromatic rings. The lowest BCUT2D eigenvalue weighted by Crippen LogP contribution is -2.39. The third-order valence-electron chi connectivity index (χ3n) is 2.22. The number of hydrogen-bond acceptors (Lipinski definition) is 3. The summed E-state index contributed by atoms with van der Waals surface area (Å²) in [6.45, 7) is -0.222. The van der Waals surface area contributed by atoms with Crippen molar-refractivity contribution in [2.24, 2.45) is 0 Å². The highest BCUT2D eigenvalue weighted by Crippen LogP contribution is 2.03. The van der Waals surface area contributed by atoms with E-state index in [1.807, 2.05) is 30.3 Å². The van der Waals surface area contributed by atoms with Gasteiger partial charge < -0.3 is 15.5 Å². The number of carboxylic acid groups (broad SMARTS) is 1. The van der Waals surface area contributed by atoms with Crippen molar-refractivity contribution < 1.29 is 19.8 Å². The van der Waals surface area contributed by atoms with Crippen molar-refractivity contribution in [3.8, 4) is 0 Å². The standard InChI is InChI=1S/C12H15NO4/c14-8-10(13-11(15)7-12(16)17)6-9-4-2-1-3-5-9/h1-5,10,14H,6-8H2,(H,13,15)(H,16,17). The number of hydrogen-bond donors (Lipinski definition) is 3. The fraction of sp³-hybridized carbons (Fsp3) is 0.333. The van der Waals surface area contributed by atoms with Crippen molar-refractivity contribution in [3.63, 3.8) is 0 Å². The van der Waals surface area contributed by atoms with Crippen molar-refractivity contribution in [2.45, 2.75) is 18.9 Å². The third-order valence-corrected chi connectivity index (χ3v) is 2.22. The van der Waals surface area contributed by atoms with Gasteiger partial charge in [-0.3, -0.25) is 9.59 Å². The number of carbonyl (C=O) groups is 2. The molecule has 0 saturated heterocycles. The molecule has 0 aromatic heterocycles. The maximum Gasteiger partial charge on any atom is 0.312 e. The van der Waals surface area contributed by atoms with Crippen molar-refractivity contribution in [1.82, 2.24) is 5.32 Å². The lowest BCUT2D eigenvalue weighted by atomic mass is 10.1. The van der Waals surface area contributed by atoms with E-state index in [-0.39, 0.29) is 6.61 Å². The second-order valence-electron chi connectivity index (χ2n) is 3.71. The van der Waals surface area contributed by atoms with Crippen LogP contribution >= 0.6 is 0 Å². The first-order chi connectivity index (χ1) is 8.11. The van der Waals surface area contributed by atoms with Crippen LogP contribution in [0.25, 0.3) is 0 Å². The van der Waals surface area contributed by atoms with Gasteiger partial charge in [-0.15, -0.1) is 0 Å². The minimum atomic E-state index is -1.18. The van der Waals surface area contributed by atoms with E-state index < -0.39 is 24.3 Å². The van der Waals surface area contributed by atoms with Crippen LogP contribution in [0.2, 0.25) is 0 Å². The van der Waals surface area contributed by atoms with E-state index in [9.17, 15) is 9.59 Å². The van der Waals surface area contributed by atoms with Crippen LogP contribution in [0.1, 0.15) is 12.0 Å². The van der Waals surface area contributed by atoms with Crippen LogP contribution in [0.5, 0.6) is 0 Å². The number of benzene rings is 1. The molecule has 1 rings (SSSR count). The summed E-state index contributed by atoms with van der Waals surface area (Å²) in [7, 11) is 0. The van der Waals surface area contributed by atoms with Gasteiger partial charge in [-0.05, 0) is 12.0 Å². The number of rotatable bonds is 6. The van der Waals surface area contributed by atoms with E-state index in [1.165, 1.54) is 0 Å². The Labute approximate surface area is 99.1 Å². The molecule has 0 spiro atoms. The van der Waals surface area contributed by atoms with Gasteiger partial charge in [0, 0.05) is 0 Å². The quantitative estimate of drug-likeness (QED) is 0.616. The van der Waals surface area contributed by atoms with Gasteiger partial charge >= 0.3 is 5.97 Å². The molecule has 0 aliphatic heterocycles. The number of aliphatic hydroxyl groups excluding tert-OH is 1. The highest BCUT2D eigenvalue weighted by molar-refractivity contribution is 5.93. The molecule has 1 unspecified atom stereocenters. The molecule has 0 fully saturated rings. The fourth-order valence-electron chi connectivity index (χ4n) is 1.48. The molecule has 0 aliphatic carbocycles. The normalized spacial score (nSPS) is 11.8. The van der Waals surface area contributed by atoms with Gasteiger partial charge in [0.1, 0.15) is 6.42 Å². The Morgan fingerprint density at radius 2 is 1.88 bits per heavy atom. The van der Waals surface area contributed by atoms with Gasteiger partial charge in [0.15, 0.2) is 0 Å². The minimum Gasteiger partial charge on any atom is -0.481 e. The van der Waals surface area contributed by atoms with E-state index in [1.54, 1.807) is 0 Å². The Morgan fingerprint density at radius 3 is 2.41 bits per heavy atom. The van der Waals surface area contributed by atoms with E-state index in [2.05, 4.69) is 5.32 Å². The highest BCUT2D eigenvalue weighted by Gasteiger charge is 2.14. The Bertz CT molecular complexity index is 377. The number of nitrogens with one attached hydrogen (secondary N) is 1. The van der Waals surface area contributed by atoms with Crippen LogP contribution in [0.4, 0.5) is 0 Å². The maximum atomic E-state index is 11.2. The minimum absolute atomic E-state index is 0.222. The largest absolute Gasteiger partial charge is 0.481 e. The zero-order valence-electron chi connectivity index (χ0n) is 9.30. The average Bonchev–Trinajstić information content (AvgIpc) is 2.28. The molecule has 1 amide bonds. The number of amides is 1. The molecule has 17 heavy (non-hydrogen) atoms. The lowest BCUT2D eigenvalue weighted by Gasteiger charge is -2.15. The molecule has 0 aliphatic rings. The monoisotopic (exact) mass is 237 g/mol. The molecular weight excluding hydrogens is 222 g/mol. The summed E-state index contributed by atoms with van der Waals surface area (Å²) < 4.78 is 0. The first kappa shape index (κ1) is 13.2. The lowest BCUT2D eigenvalue weighted by molar-refractivity contribution is -0.140. The summed E-state index contributed by atoms with van der Waals surface area (Å²) in [5.74, 6) is -1.77. The van der Waals surface area contributed by atoms with E-state index in [0.717, 1.165) is 5.56 Å². The van der Waals surface area contributed by atoms with Gasteiger partial charge in [-0.25, -0.2) is 0 Å². The Balaban J connectivity index is 2.49. The van der Waals surface area contributed by atoms with Crippen molar-refractivity contribution >= 4 is 11.9 Å². The molecule has 5 heteroatoms. The summed E-state index contributed by atoms with van der Waals surface area (Å²) >= 11 is 0. The van der Waals surface area contributed by atoms with Gasteiger partial charge in [0.25, 0.3) is 0 Å². The third kappa shape index (κ3) is 5.12. The Kier molecular flexibility index (Phi) is 5.16. The average molecular weight is 237 g/mol. The Morgan fingerprint density at radius 1 is 1.24 bits per heavy atom. The zero-order valence-corrected chi connectivity index (χ0v) is 9.30. The number of carbonyl (C=O) groups excluding carboxylic acids is 1. The summed E-state index contributed by atoms with van der Waals surface area (Å²) in [4.78, 5) is 21.5. The number of aliphatic carboxylic acids is 1. The van der Waals surface area contributed by atoms with Gasteiger partial charge in [-0.1, -0.05) is 30.3 Å². The second kappa shape index (κ2) is 6.65. The van der Waals surface area contributed by atoms with E-state index >= 15 is 0 Å². The van der Waals surface area contributed by atoms with Crippen LogP contribution in [-0.2, 0) is 16.0 Å². The first-order valence-electron chi connectivity index (χ1n) is 5.27. The topological polar surface area (TPSA) is 86.6 Å². The molecule has 0 bridgehead atoms. The van der Waals surface area contributed by atoms with Crippen molar-refractivity contribution in [3.05, 3.63) is 35.9 Å². The van der Waals surface area contributed by atoms with Crippen LogP contribution in [0, 0.1) is 0 Å². The van der Waals surface area contributed by atoms with Crippen LogP contribution in [-0.4, -0.2) is 34.7 Å². The second-order valence-corrected chi connectivity index (χ2v) is 3.71. The molecule has 0 radical (unpaired) electrons. The van der Waals surface area contributed by atoms with Gasteiger partial charge in [0.2, 0.25) is 5.91 Å². The fourth-order valence-corrected chi connectivity index (χ4v) is 1.48. The molecule has 5 nitrogen and oxygen atoms in total. The SMILES string of the molecule is O=C(O)CC(=O)NC(CO)Cc1ccccc1. The molecule has 0 heterocycles. The predicted octanol–water partition coefficient (Wildman–Crippen LogP) is 0.181. The summed E-state index contributed by atoms with van der Waals surface area (Å²) in [5.41, 5.74) is 0.974. The van der Waals surface area contributed by atoms with Gasteiger partial charge in [0.05, 0.1) is 12.6 Å². The number of aliphatic hydroxyl groups is 1. The van der Waals surface area contributed by atoms with Crippen LogP contribution in [0.15, 0.2) is 30.3 Å². The zero-order chi connectivity index (χ0) is 12.7. The Hall–Kier alpha value is -1.88. The maximum absolute atomic E-state index is 11.2. The molecule has 1 aromatic carbocycles. The van der Waals surface area contributed by atoms with Gasteiger partial charge in [-0.2, -0.15) is 0 Å². The molecular formula is C12H15NO4. The first-order valence-corrected chi connectivity index (χ1v) is 5.27. The summed E-state index contributed by atoms with van der Waals surface area (Å²) in [6, 6.07) is 8.91. The predicted molar refractivity (Wildman–Crippen MR) is 61.4 cm³/mol. The summed E-state index contributed by atoms with van der Waals surface area (Å²) in [5, 5.41) is 20.0. The van der Waals surface area contributed by atoms with E-state index in [4.69, 9.17) is 10.2 Å². The smallest absolute Gasteiger partial charge is 0.312 e. The van der Waals surface area contributed by atoms with E-state index in [0.29, 0.717) is 6.42 Å². The molecule has 0 saturated carbocycles. The summed E-state index contributed by atoms with van der Waals surface area (Å²) in [6.07, 6.45) is -0.103. The van der Waals surface area contributed by atoms with Crippen LogP contribution < -0.4 is 5.32 Å². The molecule has 3 N–H and O–H groups in total. The molecule has 92 valence electrons. The molecule has 1 atom stereocenters.